The lowest BCUT2D eigenvalue weighted by Crippen LogP contribution is -2.45. The summed E-state index contributed by atoms with van der Waals surface area (Å²) in [6.45, 7) is 0. The van der Waals surface area contributed by atoms with Crippen LogP contribution in [0.5, 0.6) is 0 Å². The van der Waals surface area contributed by atoms with Crippen LogP contribution < -0.4 is 11.1 Å². The maximum absolute atomic E-state index is 11.4. The van der Waals surface area contributed by atoms with Crippen molar-refractivity contribution in [3.8, 4) is 0 Å². The summed E-state index contributed by atoms with van der Waals surface area (Å²) < 4.78 is 0. The van der Waals surface area contributed by atoms with Gasteiger partial charge in [-0.15, -0.1) is 0 Å². The van der Waals surface area contributed by atoms with Crippen LogP contribution >= 0.6 is 0 Å². The second kappa shape index (κ2) is 4.18. The Balaban J connectivity index is 2.81. The van der Waals surface area contributed by atoms with Crippen molar-refractivity contribution in [2.75, 3.05) is 7.05 Å². The van der Waals surface area contributed by atoms with Crippen LogP contribution in [0.15, 0.2) is 12.2 Å². The second-order valence-corrected chi connectivity index (χ2v) is 3.18. The van der Waals surface area contributed by atoms with Gasteiger partial charge in [-0.05, 0) is 6.42 Å². The van der Waals surface area contributed by atoms with Gasteiger partial charge in [0.15, 0.2) is 0 Å². The molecule has 3 N–H and O–H groups in total. The molecule has 0 aromatic carbocycles. The van der Waals surface area contributed by atoms with E-state index >= 15 is 0 Å². The summed E-state index contributed by atoms with van der Waals surface area (Å²) in [6, 6.07) is -0.344. The van der Waals surface area contributed by atoms with Gasteiger partial charge in [-0.25, -0.2) is 0 Å². The van der Waals surface area contributed by atoms with Gasteiger partial charge in [-0.1, -0.05) is 12.2 Å². The average Bonchev–Trinajstić information content (AvgIpc) is 2.16. The van der Waals surface area contributed by atoms with E-state index in [0.717, 1.165) is 6.29 Å². The maximum Gasteiger partial charge on any atom is 0.225 e. The van der Waals surface area contributed by atoms with Gasteiger partial charge >= 0.3 is 0 Å². The monoisotopic (exact) mass is 182 g/mol. The first-order valence-corrected chi connectivity index (χ1v) is 4.29. The lowest BCUT2D eigenvalue weighted by atomic mass is 9.80. The third-order valence-corrected chi connectivity index (χ3v) is 2.37. The molecule has 1 amide bonds. The Bertz CT molecular complexity index is 238. The molecule has 0 heterocycles. The van der Waals surface area contributed by atoms with E-state index in [0.29, 0.717) is 6.42 Å². The third kappa shape index (κ3) is 1.95. The molecule has 0 aromatic heterocycles. The molecule has 0 radical (unpaired) electrons. The molecule has 4 heteroatoms. The maximum atomic E-state index is 11.4. The Morgan fingerprint density at radius 2 is 2.38 bits per heavy atom. The minimum absolute atomic E-state index is 0.158. The van der Waals surface area contributed by atoms with Crippen LogP contribution in [0.4, 0.5) is 0 Å². The van der Waals surface area contributed by atoms with Crippen LogP contribution in [0.1, 0.15) is 6.42 Å². The molecule has 1 aliphatic carbocycles. The van der Waals surface area contributed by atoms with Crippen molar-refractivity contribution in [2.24, 2.45) is 17.6 Å². The summed E-state index contributed by atoms with van der Waals surface area (Å²) in [5.41, 5.74) is 5.71. The van der Waals surface area contributed by atoms with Gasteiger partial charge in [0, 0.05) is 19.0 Å². The van der Waals surface area contributed by atoms with Gasteiger partial charge in [-0.3, -0.25) is 4.79 Å². The van der Waals surface area contributed by atoms with Crippen LogP contribution in [-0.4, -0.2) is 25.3 Å². The van der Waals surface area contributed by atoms with E-state index < -0.39 is 5.92 Å². The molecule has 0 saturated heterocycles. The second-order valence-electron chi connectivity index (χ2n) is 3.18. The number of allylic oxidation sites excluding steroid dienone is 1. The molecular formula is C9H14N2O2. The summed E-state index contributed by atoms with van der Waals surface area (Å²) in [4.78, 5) is 22.0. The molecule has 0 fully saturated rings. The number of rotatable bonds is 2. The van der Waals surface area contributed by atoms with Gasteiger partial charge in [0.25, 0.3) is 0 Å². The molecule has 0 spiro atoms. The largest absolute Gasteiger partial charge is 0.359 e. The molecule has 3 atom stereocenters. The van der Waals surface area contributed by atoms with Crippen molar-refractivity contribution in [1.29, 1.82) is 0 Å². The summed E-state index contributed by atoms with van der Waals surface area (Å²) >= 11 is 0. The van der Waals surface area contributed by atoms with Gasteiger partial charge in [0.1, 0.15) is 6.29 Å². The SMILES string of the molecule is CNC(=O)C1C(N)C=CCC1C=O. The molecular weight excluding hydrogens is 168 g/mol. The van der Waals surface area contributed by atoms with Crippen LogP contribution in [-0.2, 0) is 9.59 Å². The van der Waals surface area contributed by atoms with Crippen LogP contribution in [0.25, 0.3) is 0 Å². The van der Waals surface area contributed by atoms with Crippen LogP contribution in [0.3, 0.4) is 0 Å². The van der Waals surface area contributed by atoms with E-state index in [2.05, 4.69) is 5.32 Å². The first-order valence-electron chi connectivity index (χ1n) is 4.29. The average molecular weight is 182 g/mol. The molecule has 4 nitrogen and oxygen atoms in total. The molecule has 0 bridgehead atoms. The summed E-state index contributed by atoms with van der Waals surface area (Å²) in [6.07, 6.45) is 5.04. The number of carbonyl (C=O) groups excluding carboxylic acids is 2. The number of hydrogen-bond donors (Lipinski definition) is 2. The van der Waals surface area contributed by atoms with Crippen molar-refractivity contribution < 1.29 is 9.59 Å². The molecule has 0 aromatic rings. The van der Waals surface area contributed by atoms with Crippen molar-refractivity contribution >= 4 is 12.2 Å². The fraction of sp³-hybridized carbons (Fsp3) is 0.556. The van der Waals surface area contributed by atoms with Crippen molar-refractivity contribution in [3.63, 3.8) is 0 Å². The highest BCUT2D eigenvalue weighted by atomic mass is 16.2. The number of carbonyl (C=O) groups is 2. The number of nitrogens with one attached hydrogen (secondary N) is 1. The van der Waals surface area contributed by atoms with E-state index in [9.17, 15) is 9.59 Å². The van der Waals surface area contributed by atoms with E-state index in [1.165, 1.54) is 0 Å². The van der Waals surface area contributed by atoms with Gasteiger partial charge in [0.05, 0.1) is 5.92 Å². The first-order chi connectivity index (χ1) is 6.20. The Hall–Kier alpha value is -1.16. The van der Waals surface area contributed by atoms with Crippen LogP contribution in [0.2, 0.25) is 0 Å². The Labute approximate surface area is 77.2 Å². The highest BCUT2D eigenvalue weighted by molar-refractivity contribution is 5.83. The van der Waals surface area contributed by atoms with E-state index in [1.807, 2.05) is 6.08 Å². The minimum Gasteiger partial charge on any atom is -0.359 e. The predicted octanol–water partition coefficient (Wildman–Crippen LogP) is -0.549. The molecule has 72 valence electrons. The van der Waals surface area contributed by atoms with Crippen molar-refractivity contribution in [3.05, 3.63) is 12.2 Å². The number of nitrogens with two attached hydrogens (primary N) is 1. The summed E-state index contributed by atoms with van der Waals surface area (Å²) in [5.74, 6) is -0.846. The highest BCUT2D eigenvalue weighted by Crippen LogP contribution is 2.23. The van der Waals surface area contributed by atoms with E-state index in [4.69, 9.17) is 5.73 Å². The first kappa shape index (κ1) is 9.92. The third-order valence-electron chi connectivity index (χ3n) is 2.37. The van der Waals surface area contributed by atoms with Crippen molar-refractivity contribution in [2.45, 2.75) is 12.5 Å². The summed E-state index contributed by atoms with van der Waals surface area (Å²) in [5, 5.41) is 2.52. The fourth-order valence-corrected chi connectivity index (χ4v) is 1.62. The van der Waals surface area contributed by atoms with Gasteiger partial charge in [-0.2, -0.15) is 0 Å². The Kier molecular flexibility index (Phi) is 3.19. The number of hydrogen-bond acceptors (Lipinski definition) is 3. The van der Waals surface area contributed by atoms with Gasteiger partial charge < -0.3 is 15.8 Å². The van der Waals surface area contributed by atoms with E-state index in [-0.39, 0.29) is 17.9 Å². The molecule has 13 heavy (non-hydrogen) atoms. The molecule has 0 saturated carbocycles. The fourth-order valence-electron chi connectivity index (χ4n) is 1.62. The highest BCUT2D eigenvalue weighted by Gasteiger charge is 2.33. The smallest absolute Gasteiger partial charge is 0.225 e. The molecule has 1 rings (SSSR count). The van der Waals surface area contributed by atoms with E-state index in [1.54, 1.807) is 13.1 Å². The number of aldehydes is 1. The number of amides is 1. The van der Waals surface area contributed by atoms with Crippen molar-refractivity contribution in [1.82, 2.24) is 5.32 Å². The Morgan fingerprint density at radius 1 is 1.69 bits per heavy atom. The zero-order chi connectivity index (χ0) is 9.84. The normalized spacial score (nSPS) is 32.6. The molecule has 1 aliphatic rings. The quantitative estimate of drug-likeness (QED) is 0.444. The molecule has 0 aliphatic heterocycles. The lowest BCUT2D eigenvalue weighted by molar-refractivity contribution is -0.129. The minimum atomic E-state index is -0.410. The van der Waals surface area contributed by atoms with Gasteiger partial charge in [0.2, 0.25) is 5.91 Å². The zero-order valence-corrected chi connectivity index (χ0v) is 7.57. The topological polar surface area (TPSA) is 72.2 Å². The predicted molar refractivity (Wildman–Crippen MR) is 48.8 cm³/mol. The summed E-state index contributed by atoms with van der Waals surface area (Å²) in [7, 11) is 1.55. The van der Waals surface area contributed by atoms with Crippen LogP contribution in [0, 0.1) is 11.8 Å². The molecule has 3 unspecified atom stereocenters. The lowest BCUT2D eigenvalue weighted by Gasteiger charge is -2.27. The standard InChI is InChI=1S/C9H14N2O2/c1-11-9(13)8-6(5-12)3-2-4-7(8)10/h2,4-8H,3,10H2,1H3,(H,11,13). The zero-order valence-electron chi connectivity index (χ0n) is 7.57. The Morgan fingerprint density at radius 3 is 2.92 bits per heavy atom.